The van der Waals surface area contributed by atoms with Crippen molar-refractivity contribution in [3.05, 3.63) is 132 Å². The standard InChI is InChI=1S/C33H29N3O4/c37-30(38)17-16-28-31-29(18-21-34-32(31)40-27-19-22-39-23-20-27)36(35-28)33(24-10-4-1-5-11-24,25-12-6-2-7-13-25)26-14-8-3-9-15-26/h1-18,21,27H,19-20,22-23H2,(H,37,38)/b17-16+. The molecule has 0 bridgehead atoms. The molecule has 7 nitrogen and oxygen atoms in total. The molecule has 3 heterocycles. The van der Waals surface area contributed by atoms with E-state index in [0.29, 0.717) is 30.2 Å². The van der Waals surface area contributed by atoms with E-state index < -0.39 is 11.5 Å². The highest BCUT2D eigenvalue weighted by atomic mass is 16.5. The van der Waals surface area contributed by atoms with Gasteiger partial charge in [-0.15, -0.1) is 0 Å². The Hall–Kier alpha value is -4.75. The monoisotopic (exact) mass is 531 g/mol. The van der Waals surface area contributed by atoms with Gasteiger partial charge in [-0.1, -0.05) is 91.0 Å². The topological polar surface area (TPSA) is 86.5 Å². The van der Waals surface area contributed by atoms with E-state index in [0.717, 1.165) is 41.1 Å². The summed E-state index contributed by atoms with van der Waals surface area (Å²) in [5, 5.41) is 15.3. The number of benzene rings is 3. The Morgan fingerprint density at radius 3 is 1.95 bits per heavy atom. The van der Waals surface area contributed by atoms with E-state index in [1.54, 1.807) is 6.20 Å². The summed E-state index contributed by atoms with van der Waals surface area (Å²) < 4.78 is 13.9. The molecule has 1 fully saturated rings. The van der Waals surface area contributed by atoms with Crippen molar-refractivity contribution in [2.24, 2.45) is 0 Å². The van der Waals surface area contributed by atoms with Crippen LogP contribution in [0, 0.1) is 0 Å². The Labute approximate surface area is 232 Å². The summed E-state index contributed by atoms with van der Waals surface area (Å²) in [5.74, 6) is -0.622. The number of pyridine rings is 1. The van der Waals surface area contributed by atoms with Crippen LogP contribution in [0.5, 0.6) is 5.88 Å². The van der Waals surface area contributed by atoms with Gasteiger partial charge in [-0.25, -0.2) is 14.5 Å². The van der Waals surface area contributed by atoms with Gasteiger partial charge in [0.2, 0.25) is 5.88 Å². The Bertz CT molecular complexity index is 1530. The summed E-state index contributed by atoms with van der Waals surface area (Å²) in [7, 11) is 0. The lowest BCUT2D eigenvalue weighted by molar-refractivity contribution is -0.131. The van der Waals surface area contributed by atoms with Crippen molar-refractivity contribution in [2.75, 3.05) is 13.2 Å². The predicted molar refractivity (Wildman–Crippen MR) is 153 cm³/mol. The summed E-state index contributed by atoms with van der Waals surface area (Å²) in [6.07, 6.45) is 5.82. The fraction of sp³-hybridized carbons (Fsp3) is 0.182. The predicted octanol–water partition coefficient (Wildman–Crippen LogP) is 5.93. The van der Waals surface area contributed by atoms with Gasteiger partial charge in [-0.05, 0) is 28.8 Å². The summed E-state index contributed by atoms with van der Waals surface area (Å²) >= 11 is 0. The average Bonchev–Trinajstić information content (AvgIpc) is 3.38. The van der Waals surface area contributed by atoms with Crippen LogP contribution >= 0.6 is 0 Å². The molecule has 1 aliphatic heterocycles. The molecule has 0 radical (unpaired) electrons. The Morgan fingerprint density at radius 1 is 0.875 bits per heavy atom. The normalized spacial score (nSPS) is 14.5. The number of hydrogen-bond donors (Lipinski definition) is 1. The number of rotatable bonds is 8. The summed E-state index contributed by atoms with van der Waals surface area (Å²) in [5.41, 5.74) is 3.39. The molecule has 0 amide bonds. The van der Waals surface area contributed by atoms with Crippen LogP contribution in [0.2, 0.25) is 0 Å². The zero-order valence-corrected chi connectivity index (χ0v) is 21.9. The van der Waals surface area contributed by atoms with Gasteiger partial charge in [0.15, 0.2) is 0 Å². The molecule has 2 aromatic heterocycles. The largest absolute Gasteiger partial charge is 0.478 e. The van der Waals surface area contributed by atoms with Crippen molar-refractivity contribution in [1.82, 2.24) is 14.8 Å². The van der Waals surface area contributed by atoms with Crippen LogP contribution in [-0.4, -0.2) is 45.2 Å². The maximum absolute atomic E-state index is 11.6. The van der Waals surface area contributed by atoms with Gasteiger partial charge in [0.1, 0.15) is 11.6 Å². The second-order valence-electron chi connectivity index (χ2n) is 9.72. The second kappa shape index (κ2) is 11.2. The number of fused-ring (bicyclic) bond motifs is 1. The molecule has 0 atom stereocenters. The molecule has 0 saturated carbocycles. The number of carboxylic acids is 1. The molecule has 1 N–H and O–H groups in total. The number of carbonyl (C=O) groups is 1. The first-order chi connectivity index (χ1) is 19.7. The maximum atomic E-state index is 11.6. The molecule has 200 valence electrons. The van der Waals surface area contributed by atoms with E-state index in [4.69, 9.17) is 14.6 Å². The van der Waals surface area contributed by atoms with Gasteiger partial charge in [-0.3, -0.25) is 0 Å². The molecule has 0 aliphatic carbocycles. The minimum atomic E-state index is -1.06. The molecule has 40 heavy (non-hydrogen) atoms. The SMILES string of the molecule is O=C(O)/C=C/c1nn(C(c2ccccc2)(c2ccccc2)c2ccccc2)c2ccnc(OC3CCOCC3)c12. The third-order valence-corrected chi connectivity index (χ3v) is 7.31. The summed E-state index contributed by atoms with van der Waals surface area (Å²) in [6.45, 7) is 1.26. The average molecular weight is 532 g/mol. The van der Waals surface area contributed by atoms with Crippen LogP contribution in [0.3, 0.4) is 0 Å². The lowest BCUT2D eigenvalue weighted by Crippen LogP contribution is -2.38. The molecule has 0 spiro atoms. The molecular formula is C33H29N3O4. The zero-order chi connectivity index (χ0) is 27.4. The van der Waals surface area contributed by atoms with E-state index in [1.807, 2.05) is 65.3 Å². The number of ether oxygens (including phenoxy) is 2. The van der Waals surface area contributed by atoms with Crippen molar-refractivity contribution >= 4 is 22.9 Å². The molecule has 6 rings (SSSR count). The number of carboxylic acid groups (broad SMARTS) is 1. The van der Waals surface area contributed by atoms with Crippen molar-refractivity contribution in [3.8, 4) is 5.88 Å². The fourth-order valence-corrected chi connectivity index (χ4v) is 5.53. The van der Waals surface area contributed by atoms with Crippen LogP contribution in [0.4, 0.5) is 0 Å². The van der Waals surface area contributed by atoms with E-state index >= 15 is 0 Å². The second-order valence-corrected chi connectivity index (χ2v) is 9.72. The van der Waals surface area contributed by atoms with Crippen molar-refractivity contribution in [2.45, 2.75) is 24.5 Å². The highest BCUT2D eigenvalue weighted by Crippen LogP contribution is 2.44. The smallest absolute Gasteiger partial charge is 0.328 e. The van der Waals surface area contributed by atoms with E-state index in [1.165, 1.54) is 6.08 Å². The van der Waals surface area contributed by atoms with Crippen LogP contribution in [0.1, 0.15) is 35.2 Å². The quantitative estimate of drug-likeness (QED) is 0.197. The molecule has 3 aromatic carbocycles. The van der Waals surface area contributed by atoms with Crippen LogP contribution in [0.15, 0.2) is 109 Å². The molecular weight excluding hydrogens is 502 g/mol. The van der Waals surface area contributed by atoms with Gasteiger partial charge in [-0.2, -0.15) is 5.10 Å². The Morgan fingerprint density at radius 2 is 1.43 bits per heavy atom. The van der Waals surface area contributed by atoms with Gasteiger partial charge in [0.25, 0.3) is 0 Å². The zero-order valence-electron chi connectivity index (χ0n) is 21.9. The maximum Gasteiger partial charge on any atom is 0.328 e. The highest BCUT2D eigenvalue weighted by molar-refractivity contribution is 5.95. The molecule has 0 unspecified atom stereocenters. The lowest BCUT2D eigenvalue weighted by atomic mass is 9.77. The minimum absolute atomic E-state index is 0.0476. The van der Waals surface area contributed by atoms with E-state index in [9.17, 15) is 9.90 Å². The fourth-order valence-electron chi connectivity index (χ4n) is 5.53. The van der Waals surface area contributed by atoms with Crippen LogP contribution in [0.25, 0.3) is 17.0 Å². The molecule has 1 aliphatic rings. The van der Waals surface area contributed by atoms with Crippen molar-refractivity contribution in [1.29, 1.82) is 0 Å². The van der Waals surface area contributed by atoms with Crippen molar-refractivity contribution < 1.29 is 19.4 Å². The summed E-state index contributed by atoms with van der Waals surface area (Å²) in [6, 6.07) is 32.6. The number of aliphatic carboxylic acids is 1. The minimum Gasteiger partial charge on any atom is -0.478 e. The molecule has 7 heteroatoms. The van der Waals surface area contributed by atoms with Crippen LogP contribution < -0.4 is 4.74 Å². The molecule has 5 aromatic rings. The van der Waals surface area contributed by atoms with Gasteiger partial charge in [0, 0.05) is 25.1 Å². The number of hydrogen-bond acceptors (Lipinski definition) is 5. The Balaban J connectivity index is 1.69. The highest BCUT2D eigenvalue weighted by Gasteiger charge is 2.41. The molecule has 1 saturated heterocycles. The van der Waals surface area contributed by atoms with Crippen LogP contribution in [-0.2, 0) is 15.1 Å². The first kappa shape index (κ1) is 25.5. The van der Waals surface area contributed by atoms with Gasteiger partial charge in [0.05, 0.1) is 29.8 Å². The first-order valence-corrected chi connectivity index (χ1v) is 13.4. The van der Waals surface area contributed by atoms with Crippen molar-refractivity contribution in [3.63, 3.8) is 0 Å². The third kappa shape index (κ3) is 4.65. The first-order valence-electron chi connectivity index (χ1n) is 13.4. The van der Waals surface area contributed by atoms with E-state index in [2.05, 4.69) is 41.4 Å². The Kier molecular flexibility index (Phi) is 7.12. The third-order valence-electron chi connectivity index (χ3n) is 7.31. The summed E-state index contributed by atoms with van der Waals surface area (Å²) in [4.78, 5) is 16.2. The van der Waals surface area contributed by atoms with E-state index in [-0.39, 0.29) is 6.10 Å². The number of nitrogens with zero attached hydrogens (tertiary/aromatic N) is 3. The van der Waals surface area contributed by atoms with Gasteiger partial charge < -0.3 is 14.6 Å². The lowest BCUT2D eigenvalue weighted by Gasteiger charge is -2.37. The number of aromatic nitrogens is 3. The van der Waals surface area contributed by atoms with Gasteiger partial charge >= 0.3 is 5.97 Å².